The molecule has 0 saturated heterocycles. The zero-order valence-corrected chi connectivity index (χ0v) is 15.7. The van der Waals surface area contributed by atoms with E-state index in [1.807, 2.05) is 36.0 Å². The van der Waals surface area contributed by atoms with Gasteiger partial charge in [-0.05, 0) is 42.5 Å². The van der Waals surface area contributed by atoms with Gasteiger partial charge in [0.05, 0.1) is 22.2 Å². The lowest BCUT2D eigenvalue weighted by atomic mass is 10.1. The smallest absolute Gasteiger partial charge is 0.317 e. The van der Waals surface area contributed by atoms with Crippen molar-refractivity contribution < 1.29 is 9.13 Å². The van der Waals surface area contributed by atoms with Gasteiger partial charge in [0.25, 0.3) is 0 Å². The Bertz CT molecular complexity index is 1330. The molecule has 5 rings (SSSR count). The van der Waals surface area contributed by atoms with E-state index in [9.17, 15) is 4.39 Å². The molecule has 0 fully saturated rings. The van der Waals surface area contributed by atoms with Crippen LogP contribution >= 0.6 is 0 Å². The molecule has 3 heterocycles. The quantitative estimate of drug-likeness (QED) is 0.442. The molecule has 5 aromatic rings. The van der Waals surface area contributed by atoms with E-state index in [0.717, 1.165) is 33.1 Å². The van der Waals surface area contributed by atoms with Crippen LogP contribution in [0.4, 0.5) is 4.39 Å². The minimum atomic E-state index is -0.282. The van der Waals surface area contributed by atoms with Crippen molar-refractivity contribution in [1.29, 1.82) is 0 Å². The molecule has 6 heteroatoms. The van der Waals surface area contributed by atoms with Crippen LogP contribution in [0.15, 0.2) is 73.1 Å². The third kappa shape index (κ3) is 3.29. The summed E-state index contributed by atoms with van der Waals surface area (Å²) in [4.78, 5) is 13.4. The average Bonchev–Trinajstić information content (AvgIpc) is 3.06. The van der Waals surface area contributed by atoms with Gasteiger partial charge in [-0.25, -0.2) is 14.4 Å². The van der Waals surface area contributed by atoms with Crippen LogP contribution in [0.2, 0.25) is 0 Å². The summed E-state index contributed by atoms with van der Waals surface area (Å²) in [6.07, 6.45) is 3.65. The fourth-order valence-corrected chi connectivity index (χ4v) is 3.41. The number of benzene rings is 2. The maximum atomic E-state index is 13.2. The molecule has 0 spiro atoms. The van der Waals surface area contributed by atoms with E-state index in [-0.39, 0.29) is 11.8 Å². The Morgan fingerprint density at radius 1 is 1.00 bits per heavy atom. The van der Waals surface area contributed by atoms with Crippen molar-refractivity contribution in [3.8, 4) is 17.3 Å². The van der Waals surface area contributed by atoms with E-state index in [1.54, 1.807) is 24.4 Å². The number of halogens is 1. The SMILES string of the molecule is Cn1cc(COc2nccc(-c3ccc(F)cc3)n2)c2nc3ccccc3cc21. The summed E-state index contributed by atoms with van der Waals surface area (Å²) in [5, 5.41) is 1.10. The first kappa shape index (κ1) is 17.3. The van der Waals surface area contributed by atoms with E-state index in [1.165, 1.54) is 12.1 Å². The van der Waals surface area contributed by atoms with Crippen molar-refractivity contribution in [2.75, 3.05) is 0 Å². The largest absolute Gasteiger partial charge is 0.458 e. The molecule has 5 nitrogen and oxygen atoms in total. The number of nitrogens with zero attached hydrogens (tertiary/aromatic N) is 4. The Morgan fingerprint density at radius 2 is 1.83 bits per heavy atom. The van der Waals surface area contributed by atoms with Crippen LogP contribution in [0.3, 0.4) is 0 Å². The zero-order chi connectivity index (χ0) is 19.8. The van der Waals surface area contributed by atoms with Crippen molar-refractivity contribution in [1.82, 2.24) is 19.5 Å². The second kappa shape index (κ2) is 6.98. The molecule has 0 aliphatic carbocycles. The summed E-state index contributed by atoms with van der Waals surface area (Å²) in [6.45, 7) is 0.301. The lowest BCUT2D eigenvalue weighted by Gasteiger charge is -2.06. The summed E-state index contributed by atoms with van der Waals surface area (Å²) in [6, 6.07) is 18.4. The van der Waals surface area contributed by atoms with Gasteiger partial charge in [0.15, 0.2) is 0 Å². The van der Waals surface area contributed by atoms with E-state index >= 15 is 0 Å². The van der Waals surface area contributed by atoms with Crippen LogP contribution in [-0.2, 0) is 13.7 Å². The number of fused-ring (bicyclic) bond motifs is 2. The highest BCUT2D eigenvalue weighted by Crippen LogP contribution is 2.25. The number of para-hydroxylation sites is 1. The second-order valence-corrected chi connectivity index (χ2v) is 6.83. The van der Waals surface area contributed by atoms with Crippen molar-refractivity contribution in [3.63, 3.8) is 0 Å². The number of hydrogen-bond donors (Lipinski definition) is 0. The molecular formula is C23H17FN4O. The number of ether oxygens (including phenoxy) is 1. The minimum Gasteiger partial charge on any atom is -0.458 e. The Labute approximate surface area is 166 Å². The third-order valence-electron chi connectivity index (χ3n) is 4.87. The van der Waals surface area contributed by atoms with E-state index in [2.05, 4.69) is 22.1 Å². The van der Waals surface area contributed by atoms with Gasteiger partial charge in [-0.3, -0.25) is 0 Å². The first-order chi connectivity index (χ1) is 14.2. The number of rotatable bonds is 4. The van der Waals surface area contributed by atoms with Gasteiger partial charge >= 0.3 is 6.01 Å². The highest BCUT2D eigenvalue weighted by Gasteiger charge is 2.11. The van der Waals surface area contributed by atoms with Gasteiger partial charge in [-0.15, -0.1) is 0 Å². The minimum absolute atomic E-state index is 0.268. The number of pyridine rings is 1. The van der Waals surface area contributed by atoms with Crippen LogP contribution in [0.5, 0.6) is 6.01 Å². The van der Waals surface area contributed by atoms with Crippen molar-refractivity contribution in [3.05, 3.63) is 84.4 Å². The molecule has 0 atom stereocenters. The molecule has 0 aliphatic rings. The monoisotopic (exact) mass is 384 g/mol. The van der Waals surface area contributed by atoms with Crippen LogP contribution in [-0.4, -0.2) is 19.5 Å². The number of hydrogen-bond acceptors (Lipinski definition) is 4. The Morgan fingerprint density at radius 3 is 2.69 bits per heavy atom. The number of aryl methyl sites for hydroxylation is 1. The second-order valence-electron chi connectivity index (χ2n) is 6.83. The summed E-state index contributed by atoms with van der Waals surface area (Å²) in [5.74, 6) is -0.282. The van der Waals surface area contributed by atoms with Gasteiger partial charge in [0.2, 0.25) is 0 Å². The standard InChI is InChI=1S/C23H17FN4O/c1-28-13-17(22-21(28)12-16-4-2-3-5-19(16)26-22)14-29-23-25-11-10-20(27-23)15-6-8-18(24)9-7-15/h2-13H,14H2,1H3. The van der Waals surface area contributed by atoms with Crippen LogP contribution in [0.1, 0.15) is 5.56 Å². The van der Waals surface area contributed by atoms with Crippen molar-refractivity contribution in [2.45, 2.75) is 6.61 Å². The lowest BCUT2D eigenvalue weighted by Crippen LogP contribution is -2.00. The van der Waals surface area contributed by atoms with Crippen LogP contribution in [0.25, 0.3) is 33.2 Å². The Hall–Kier alpha value is -3.80. The zero-order valence-electron chi connectivity index (χ0n) is 15.7. The molecule has 0 radical (unpaired) electrons. The van der Waals surface area contributed by atoms with Crippen LogP contribution in [0, 0.1) is 5.82 Å². The first-order valence-corrected chi connectivity index (χ1v) is 9.23. The fraction of sp³-hybridized carbons (Fsp3) is 0.0870. The summed E-state index contributed by atoms with van der Waals surface area (Å²) in [5.41, 5.74) is 5.34. The van der Waals surface area contributed by atoms with Crippen molar-refractivity contribution in [2.24, 2.45) is 7.05 Å². The van der Waals surface area contributed by atoms with Gasteiger partial charge in [-0.1, -0.05) is 18.2 Å². The molecule has 2 aromatic carbocycles. The Balaban J connectivity index is 1.44. The summed E-state index contributed by atoms with van der Waals surface area (Å²) >= 11 is 0. The molecule has 142 valence electrons. The van der Waals surface area contributed by atoms with Crippen molar-refractivity contribution >= 4 is 21.9 Å². The molecule has 0 N–H and O–H groups in total. The molecule has 3 aromatic heterocycles. The van der Waals surface area contributed by atoms with Gasteiger partial charge in [0, 0.05) is 36.0 Å². The van der Waals surface area contributed by atoms with Gasteiger partial charge < -0.3 is 9.30 Å². The Kier molecular flexibility index (Phi) is 4.17. The van der Waals surface area contributed by atoms with E-state index in [0.29, 0.717) is 12.3 Å². The normalized spacial score (nSPS) is 11.2. The fourth-order valence-electron chi connectivity index (χ4n) is 3.41. The predicted octanol–water partition coefficient (Wildman–Crippen LogP) is 4.90. The highest BCUT2D eigenvalue weighted by molar-refractivity contribution is 5.92. The third-order valence-corrected chi connectivity index (χ3v) is 4.87. The number of aromatic nitrogens is 4. The van der Waals surface area contributed by atoms with Gasteiger partial charge in [0.1, 0.15) is 12.4 Å². The van der Waals surface area contributed by atoms with E-state index < -0.39 is 0 Å². The molecule has 0 aliphatic heterocycles. The molecule has 0 amide bonds. The molecule has 0 saturated carbocycles. The lowest BCUT2D eigenvalue weighted by molar-refractivity contribution is 0.282. The van der Waals surface area contributed by atoms with E-state index in [4.69, 9.17) is 9.72 Å². The predicted molar refractivity (Wildman–Crippen MR) is 110 cm³/mol. The topological polar surface area (TPSA) is 52.8 Å². The summed E-state index contributed by atoms with van der Waals surface area (Å²) in [7, 11) is 1.99. The van der Waals surface area contributed by atoms with Crippen LogP contribution < -0.4 is 4.74 Å². The summed E-state index contributed by atoms with van der Waals surface area (Å²) < 4.78 is 21.1. The molecule has 0 unspecified atom stereocenters. The van der Waals surface area contributed by atoms with Gasteiger partial charge in [-0.2, -0.15) is 4.98 Å². The molecule has 0 bridgehead atoms. The average molecular weight is 384 g/mol. The molecule has 29 heavy (non-hydrogen) atoms. The maximum Gasteiger partial charge on any atom is 0.317 e. The maximum absolute atomic E-state index is 13.2. The molecular weight excluding hydrogens is 367 g/mol. The first-order valence-electron chi connectivity index (χ1n) is 9.23. The highest BCUT2D eigenvalue weighted by atomic mass is 19.1.